The average Bonchev–Trinajstić information content (AvgIpc) is 3.08. The van der Waals surface area contributed by atoms with Gasteiger partial charge in [-0.3, -0.25) is 0 Å². The molecule has 0 aromatic carbocycles. The average molecular weight is 242 g/mol. The first kappa shape index (κ1) is 11.3. The first-order chi connectivity index (χ1) is 8.62. The molecule has 0 N–H and O–H groups in total. The zero-order chi connectivity index (χ0) is 12.3. The molecule has 0 aromatic rings. The van der Waals surface area contributed by atoms with E-state index in [0.717, 1.165) is 35.5 Å². The van der Waals surface area contributed by atoms with E-state index in [2.05, 4.69) is 38.2 Å². The maximum Gasteiger partial charge on any atom is -0.0194 e. The molecule has 4 aliphatic rings. The number of fused-ring (bicyclic) bond motifs is 4. The Bertz CT molecular complexity index is 400. The smallest absolute Gasteiger partial charge is 0.0194 e. The zero-order valence-corrected chi connectivity index (χ0v) is 11.8. The molecule has 0 spiro atoms. The lowest BCUT2D eigenvalue weighted by Gasteiger charge is -2.39. The van der Waals surface area contributed by atoms with Crippen LogP contribution in [0.2, 0.25) is 0 Å². The summed E-state index contributed by atoms with van der Waals surface area (Å²) in [5, 5.41) is 0. The molecule has 0 aromatic heterocycles. The Balaban J connectivity index is 1.47. The van der Waals surface area contributed by atoms with E-state index < -0.39 is 0 Å². The van der Waals surface area contributed by atoms with Crippen molar-refractivity contribution in [3.63, 3.8) is 0 Å². The van der Waals surface area contributed by atoms with E-state index in [-0.39, 0.29) is 0 Å². The summed E-state index contributed by atoms with van der Waals surface area (Å²) in [5.41, 5.74) is 0.563. The van der Waals surface area contributed by atoms with Gasteiger partial charge < -0.3 is 0 Å². The van der Waals surface area contributed by atoms with Crippen molar-refractivity contribution >= 4 is 0 Å². The van der Waals surface area contributed by atoms with Crippen molar-refractivity contribution in [3.05, 3.63) is 24.3 Å². The fourth-order valence-electron chi connectivity index (χ4n) is 5.64. The lowest BCUT2D eigenvalue weighted by atomic mass is 9.66. The molecule has 98 valence electrons. The van der Waals surface area contributed by atoms with Crippen LogP contribution >= 0.6 is 0 Å². The molecule has 18 heavy (non-hydrogen) atoms. The number of rotatable bonds is 3. The first-order valence-corrected chi connectivity index (χ1v) is 7.98. The Morgan fingerprint density at radius 1 is 0.833 bits per heavy atom. The van der Waals surface area contributed by atoms with Crippen molar-refractivity contribution < 1.29 is 0 Å². The molecular formula is C18H26. The molecule has 0 nitrogen and oxygen atoms in total. The van der Waals surface area contributed by atoms with Crippen molar-refractivity contribution in [2.75, 3.05) is 0 Å². The predicted molar refractivity (Wildman–Crippen MR) is 76.1 cm³/mol. The van der Waals surface area contributed by atoms with Crippen LogP contribution in [-0.2, 0) is 0 Å². The van der Waals surface area contributed by atoms with Crippen LogP contribution in [0.3, 0.4) is 0 Å². The van der Waals surface area contributed by atoms with E-state index in [1.807, 2.05) is 0 Å². The summed E-state index contributed by atoms with van der Waals surface area (Å²) in [6.45, 7) is 5.11. The highest BCUT2D eigenvalue weighted by Crippen LogP contribution is 2.56. The Kier molecular flexibility index (Phi) is 2.35. The second kappa shape index (κ2) is 3.74. The molecule has 6 atom stereocenters. The van der Waals surface area contributed by atoms with Gasteiger partial charge >= 0.3 is 0 Å². The molecule has 0 radical (unpaired) electrons. The zero-order valence-electron chi connectivity index (χ0n) is 11.8. The van der Waals surface area contributed by atoms with Crippen LogP contribution in [0, 0.1) is 40.9 Å². The van der Waals surface area contributed by atoms with Gasteiger partial charge in [-0.1, -0.05) is 38.2 Å². The third-order valence-electron chi connectivity index (χ3n) is 6.49. The van der Waals surface area contributed by atoms with Crippen LogP contribution in [0.4, 0.5) is 0 Å². The van der Waals surface area contributed by atoms with Crippen LogP contribution in [0.5, 0.6) is 0 Å². The van der Waals surface area contributed by atoms with Crippen molar-refractivity contribution in [3.8, 4) is 0 Å². The van der Waals surface area contributed by atoms with E-state index in [1.54, 1.807) is 0 Å². The van der Waals surface area contributed by atoms with Gasteiger partial charge in [0.25, 0.3) is 0 Å². The maximum atomic E-state index is 2.56. The van der Waals surface area contributed by atoms with Crippen molar-refractivity contribution in [2.45, 2.75) is 46.0 Å². The third kappa shape index (κ3) is 1.64. The molecule has 2 saturated carbocycles. The van der Waals surface area contributed by atoms with Gasteiger partial charge in [0.2, 0.25) is 0 Å². The quantitative estimate of drug-likeness (QED) is 0.622. The Labute approximate surface area is 112 Å². The molecule has 0 heteroatoms. The van der Waals surface area contributed by atoms with Gasteiger partial charge in [0, 0.05) is 0 Å². The summed E-state index contributed by atoms with van der Waals surface area (Å²) < 4.78 is 0. The standard InChI is InChI=1S/C18H26/c1-18(2,17-10-13-4-6-15(17)8-13)11-16-9-12-3-5-14(16)7-12/h3-6,12-17H,7-11H2,1-2H3. The normalized spacial score (nSPS) is 48.6. The van der Waals surface area contributed by atoms with Crippen LogP contribution in [-0.4, -0.2) is 0 Å². The Morgan fingerprint density at radius 3 is 2.00 bits per heavy atom. The molecular weight excluding hydrogens is 216 g/mol. The van der Waals surface area contributed by atoms with Gasteiger partial charge in [-0.25, -0.2) is 0 Å². The minimum Gasteiger partial charge on any atom is -0.0851 e. The van der Waals surface area contributed by atoms with Crippen molar-refractivity contribution in [2.24, 2.45) is 40.9 Å². The largest absolute Gasteiger partial charge is 0.0851 e. The summed E-state index contributed by atoms with van der Waals surface area (Å²) >= 11 is 0. The van der Waals surface area contributed by atoms with Crippen molar-refractivity contribution in [1.82, 2.24) is 0 Å². The van der Waals surface area contributed by atoms with Gasteiger partial charge in [0.05, 0.1) is 0 Å². The van der Waals surface area contributed by atoms with Gasteiger partial charge in [-0.05, 0) is 73.0 Å². The SMILES string of the molecule is CC(C)(CC1CC2C=CC1C2)C1CC2C=CC1C2. The van der Waals surface area contributed by atoms with Gasteiger partial charge in [-0.15, -0.1) is 0 Å². The van der Waals surface area contributed by atoms with E-state index in [1.165, 1.54) is 32.1 Å². The highest BCUT2D eigenvalue weighted by molar-refractivity contribution is 5.14. The molecule has 4 rings (SSSR count). The highest BCUT2D eigenvalue weighted by Gasteiger charge is 2.46. The van der Waals surface area contributed by atoms with Crippen molar-refractivity contribution in [1.29, 1.82) is 0 Å². The fourth-order valence-corrected chi connectivity index (χ4v) is 5.64. The van der Waals surface area contributed by atoms with Crippen LogP contribution in [0.15, 0.2) is 24.3 Å². The van der Waals surface area contributed by atoms with E-state index in [9.17, 15) is 0 Å². The summed E-state index contributed by atoms with van der Waals surface area (Å²) in [6, 6.07) is 0. The lowest BCUT2D eigenvalue weighted by molar-refractivity contribution is 0.128. The first-order valence-electron chi connectivity index (χ1n) is 7.98. The minimum absolute atomic E-state index is 0.563. The molecule has 0 aliphatic heterocycles. The Morgan fingerprint density at radius 2 is 1.50 bits per heavy atom. The summed E-state index contributed by atoms with van der Waals surface area (Å²) in [4.78, 5) is 0. The fraction of sp³-hybridized carbons (Fsp3) is 0.778. The number of hydrogen-bond donors (Lipinski definition) is 0. The monoisotopic (exact) mass is 242 g/mol. The maximum absolute atomic E-state index is 2.56. The summed E-state index contributed by atoms with van der Waals surface area (Å²) in [6.07, 6.45) is 17.4. The van der Waals surface area contributed by atoms with Gasteiger partial charge in [0.15, 0.2) is 0 Å². The number of hydrogen-bond acceptors (Lipinski definition) is 0. The van der Waals surface area contributed by atoms with Gasteiger partial charge in [-0.2, -0.15) is 0 Å². The van der Waals surface area contributed by atoms with E-state index >= 15 is 0 Å². The minimum atomic E-state index is 0.563. The number of allylic oxidation sites excluding steroid dienone is 4. The third-order valence-corrected chi connectivity index (χ3v) is 6.49. The van der Waals surface area contributed by atoms with Crippen LogP contribution in [0.25, 0.3) is 0 Å². The van der Waals surface area contributed by atoms with Crippen LogP contribution < -0.4 is 0 Å². The lowest BCUT2D eigenvalue weighted by Crippen LogP contribution is -2.30. The van der Waals surface area contributed by atoms with Crippen LogP contribution in [0.1, 0.15) is 46.0 Å². The molecule has 0 amide bonds. The summed E-state index contributed by atoms with van der Waals surface area (Å²) in [7, 11) is 0. The van der Waals surface area contributed by atoms with E-state index in [4.69, 9.17) is 0 Å². The summed E-state index contributed by atoms with van der Waals surface area (Å²) in [5.74, 6) is 5.69. The highest BCUT2D eigenvalue weighted by atomic mass is 14.5. The molecule has 2 fully saturated rings. The molecule has 4 aliphatic carbocycles. The second-order valence-electron chi connectivity index (χ2n) is 8.12. The van der Waals surface area contributed by atoms with Gasteiger partial charge in [0.1, 0.15) is 0 Å². The molecule has 4 bridgehead atoms. The molecule has 0 saturated heterocycles. The second-order valence-corrected chi connectivity index (χ2v) is 8.12. The molecule has 0 heterocycles. The Hall–Kier alpha value is -0.520. The van der Waals surface area contributed by atoms with E-state index in [0.29, 0.717) is 5.41 Å². The molecule has 6 unspecified atom stereocenters. The predicted octanol–water partition coefficient (Wildman–Crippen LogP) is 4.83. The topological polar surface area (TPSA) is 0 Å².